The highest BCUT2D eigenvalue weighted by atomic mass is 32.2. The quantitative estimate of drug-likeness (QED) is 0.260. The average Bonchev–Trinajstić information content (AvgIpc) is 2.37. The molecule has 1 aromatic rings. The van der Waals surface area contributed by atoms with E-state index in [9.17, 15) is 8.42 Å². The zero-order valence-corrected chi connectivity index (χ0v) is 11.1. The molecule has 5 N–H and O–H groups in total. The molecule has 0 aromatic heterocycles. The fourth-order valence-corrected chi connectivity index (χ4v) is 1.70. The van der Waals surface area contributed by atoms with Crippen LogP contribution in [-0.4, -0.2) is 31.6 Å². The predicted molar refractivity (Wildman–Crippen MR) is 71.4 cm³/mol. The molecule has 0 bridgehead atoms. The third kappa shape index (κ3) is 3.67. The molecular formula is C10H11N5O4S. The number of amidine groups is 1. The highest BCUT2D eigenvalue weighted by Crippen LogP contribution is 2.27. The zero-order chi connectivity index (χ0) is 15.3. The monoisotopic (exact) mass is 297 g/mol. The second-order valence-corrected chi connectivity index (χ2v) is 4.86. The molecule has 0 unspecified atom stereocenters. The van der Waals surface area contributed by atoms with E-state index in [4.69, 9.17) is 25.7 Å². The molecule has 9 nitrogen and oxygen atoms in total. The number of hydrogen-bond donors (Lipinski definition) is 4. The molecule has 0 saturated carbocycles. The molecule has 0 atom stereocenters. The molecule has 20 heavy (non-hydrogen) atoms. The van der Waals surface area contributed by atoms with Gasteiger partial charge < -0.3 is 10.5 Å². The number of nitriles is 1. The van der Waals surface area contributed by atoms with Crippen molar-refractivity contribution in [1.82, 2.24) is 0 Å². The summed E-state index contributed by atoms with van der Waals surface area (Å²) < 4.78 is 36.0. The fraction of sp³-hybridized carbons (Fsp3) is 0.100. The summed E-state index contributed by atoms with van der Waals surface area (Å²) in [6.07, 6.45) is 0. The largest absolute Gasteiger partial charge is 0.495 e. The first kappa shape index (κ1) is 15.4. The van der Waals surface area contributed by atoms with Crippen molar-refractivity contribution in [2.24, 2.45) is 10.8 Å². The van der Waals surface area contributed by atoms with E-state index in [0.29, 0.717) is 0 Å². The van der Waals surface area contributed by atoms with Gasteiger partial charge in [-0.15, -0.1) is 0 Å². The number of rotatable bonds is 5. The summed E-state index contributed by atoms with van der Waals surface area (Å²) >= 11 is 0. The van der Waals surface area contributed by atoms with Crippen LogP contribution >= 0.6 is 0 Å². The Morgan fingerprint density at radius 3 is 2.70 bits per heavy atom. The Morgan fingerprint density at radius 1 is 1.60 bits per heavy atom. The lowest BCUT2D eigenvalue weighted by atomic mass is 10.3. The van der Waals surface area contributed by atoms with Gasteiger partial charge >= 0.3 is 0 Å². The Bertz CT molecular complexity index is 705. The maximum Gasteiger partial charge on any atom is 0.294 e. The van der Waals surface area contributed by atoms with E-state index in [1.165, 1.54) is 13.2 Å². The molecule has 1 rings (SSSR count). The minimum Gasteiger partial charge on any atom is -0.495 e. The Hall–Kier alpha value is -2.64. The lowest BCUT2D eigenvalue weighted by molar-refractivity contribution is 0.416. The molecule has 0 spiro atoms. The van der Waals surface area contributed by atoms with E-state index in [0.717, 1.165) is 12.1 Å². The third-order valence-corrected chi connectivity index (χ3v) is 2.97. The number of methoxy groups -OCH3 is 1. The van der Waals surface area contributed by atoms with Crippen molar-refractivity contribution in [3.8, 4) is 11.8 Å². The van der Waals surface area contributed by atoms with Crippen molar-refractivity contribution >= 4 is 27.4 Å². The lowest BCUT2D eigenvalue weighted by Crippen LogP contribution is -2.22. The molecule has 0 aliphatic rings. The number of hydrazone groups is 1. The van der Waals surface area contributed by atoms with E-state index >= 15 is 0 Å². The molecule has 0 saturated heterocycles. The molecule has 10 heteroatoms. The second-order valence-electron chi connectivity index (χ2n) is 3.43. The highest BCUT2D eigenvalue weighted by molar-refractivity contribution is 7.85. The number of hydrogen-bond acceptors (Lipinski definition) is 7. The molecule has 0 aliphatic carbocycles. The van der Waals surface area contributed by atoms with Crippen LogP contribution < -0.4 is 15.9 Å². The van der Waals surface area contributed by atoms with E-state index in [-0.39, 0.29) is 22.0 Å². The van der Waals surface area contributed by atoms with Crippen molar-refractivity contribution in [1.29, 1.82) is 10.7 Å². The average molecular weight is 297 g/mol. The molecular weight excluding hydrogens is 286 g/mol. The Balaban J connectivity index is 3.23. The molecule has 0 fully saturated rings. The maximum atomic E-state index is 11.0. The van der Waals surface area contributed by atoms with Gasteiger partial charge in [0.2, 0.25) is 5.71 Å². The number of nitrogens with two attached hydrogens (primary N) is 1. The van der Waals surface area contributed by atoms with Gasteiger partial charge in [-0.25, -0.2) is 0 Å². The van der Waals surface area contributed by atoms with Crippen LogP contribution in [0.15, 0.2) is 28.2 Å². The number of anilines is 1. The standard InChI is InChI=1S/C10H11N5O4S/c1-19-9-3-2-6(20(16,17)18)4-7(9)14-15-8(5-11)10(12)13/h2-4,14H,1H3,(H3,12,13)(H,16,17,18)/b15-8+. The van der Waals surface area contributed by atoms with Crippen LogP contribution in [0.2, 0.25) is 0 Å². The van der Waals surface area contributed by atoms with Crippen LogP contribution in [0.5, 0.6) is 5.75 Å². The van der Waals surface area contributed by atoms with Crippen LogP contribution in [0.1, 0.15) is 0 Å². The zero-order valence-electron chi connectivity index (χ0n) is 10.3. The molecule has 106 valence electrons. The minimum atomic E-state index is -4.39. The molecule has 0 amide bonds. The van der Waals surface area contributed by atoms with E-state index in [2.05, 4.69) is 10.5 Å². The van der Waals surface area contributed by atoms with Crippen molar-refractivity contribution in [2.75, 3.05) is 12.5 Å². The van der Waals surface area contributed by atoms with Gasteiger partial charge in [0.15, 0.2) is 5.84 Å². The fourth-order valence-electron chi connectivity index (χ4n) is 1.20. The first-order valence-electron chi connectivity index (χ1n) is 5.03. The van der Waals surface area contributed by atoms with E-state index < -0.39 is 16.0 Å². The van der Waals surface area contributed by atoms with Gasteiger partial charge in [0.1, 0.15) is 11.8 Å². The van der Waals surface area contributed by atoms with E-state index in [1.807, 2.05) is 0 Å². The molecule has 0 radical (unpaired) electrons. The van der Waals surface area contributed by atoms with Gasteiger partial charge in [-0.3, -0.25) is 15.4 Å². The van der Waals surface area contributed by atoms with Gasteiger partial charge in [0.05, 0.1) is 17.7 Å². The third-order valence-electron chi connectivity index (χ3n) is 2.12. The van der Waals surface area contributed by atoms with Gasteiger partial charge in [0.25, 0.3) is 10.1 Å². The Kier molecular flexibility index (Phi) is 4.63. The maximum absolute atomic E-state index is 11.0. The second kappa shape index (κ2) is 6.00. The van der Waals surface area contributed by atoms with Crippen LogP contribution in [0, 0.1) is 16.7 Å². The number of ether oxygens (including phenoxy) is 1. The highest BCUT2D eigenvalue weighted by Gasteiger charge is 2.13. The lowest BCUT2D eigenvalue weighted by Gasteiger charge is -2.09. The van der Waals surface area contributed by atoms with Crippen LogP contribution in [0.4, 0.5) is 5.69 Å². The predicted octanol–water partition coefficient (Wildman–Crippen LogP) is 0.169. The first-order chi connectivity index (χ1) is 9.29. The summed E-state index contributed by atoms with van der Waals surface area (Å²) in [5.74, 6) is -0.327. The summed E-state index contributed by atoms with van der Waals surface area (Å²) in [6.45, 7) is 0. The molecule has 1 aromatic carbocycles. The smallest absolute Gasteiger partial charge is 0.294 e. The summed E-state index contributed by atoms with van der Waals surface area (Å²) in [4.78, 5) is -0.377. The SMILES string of the molecule is COc1ccc(S(=O)(=O)O)cc1N/N=C(\C#N)C(=N)N. The summed E-state index contributed by atoms with van der Waals surface area (Å²) in [7, 11) is -3.05. The number of benzene rings is 1. The number of nitrogens with one attached hydrogen (secondary N) is 2. The van der Waals surface area contributed by atoms with Gasteiger partial charge in [0, 0.05) is 0 Å². The molecule has 0 aliphatic heterocycles. The van der Waals surface area contributed by atoms with Crippen molar-refractivity contribution in [2.45, 2.75) is 4.90 Å². The number of nitrogens with zero attached hydrogens (tertiary/aromatic N) is 2. The normalized spacial score (nSPS) is 11.6. The summed E-state index contributed by atoms with van der Waals surface area (Å²) in [5, 5.41) is 19.3. The molecule has 0 heterocycles. The first-order valence-corrected chi connectivity index (χ1v) is 6.47. The Labute approximate surface area is 114 Å². The van der Waals surface area contributed by atoms with Crippen LogP contribution in [0.3, 0.4) is 0 Å². The van der Waals surface area contributed by atoms with E-state index in [1.54, 1.807) is 6.07 Å². The summed E-state index contributed by atoms with van der Waals surface area (Å²) in [6, 6.07) is 5.08. The van der Waals surface area contributed by atoms with Crippen molar-refractivity contribution < 1.29 is 17.7 Å². The van der Waals surface area contributed by atoms with Crippen molar-refractivity contribution in [3.63, 3.8) is 0 Å². The topological polar surface area (TPSA) is 162 Å². The van der Waals surface area contributed by atoms with Gasteiger partial charge in [-0.2, -0.15) is 18.8 Å². The van der Waals surface area contributed by atoms with Crippen LogP contribution in [0.25, 0.3) is 0 Å². The minimum absolute atomic E-state index is 0.0802. The Morgan fingerprint density at radius 2 is 2.25 bits per heavy atom. The van der Waals surface area contributed by atoms with Gasteiger partial charge in [-0.1, -0.05) is 0 Å². The van der Waals surface area contributed by atoms with Gasteiger partial charge in [-0.05, 0) is 18.2 Å². The van der Waals surface area contributed by atoms with Crippen LogP contribution in [-0.2, 0) is 10.1 Å². The van der Waals surface area contributed by atoms with Crippen molar-refractivity contribution in [3.05, 3.63) is 18.2 Å². The summed E-state index contributed by atoms with van der Waals surface area (Å²) in [5.41, 5.74) is 7.15.